The highest BCUT2D eigenvalue weighted by molar-refractivity contribution is 7.89. The summed E-state index contributed by atoms with van der Waals surface area (Å²) in [6, 6.07) is 6.62. The number of pyridine rings is 1. The van der Waals surface area contributed by atoms with Gasteiger partial charge in [0.15, 0.2) is 5.78 Å². The van der Waals surface area contributed by atoms with Gasteiger partial charge in [-0.2, -0.15) is 27.7 Å². The first-order valence-corrected chi connectivity index (χ1v) is 15.8. The molecule has 2 aliphatic carbocycles. The molecule has 0 bridgehead atoms. The van der Waals surface area contributed by atoms with Crippen LogP contribution in [0, 0.1) is 11.2 Å². The van der Waals surface area contributed by atoms with Crippen LogP contribution in [0.1, 0.15) is 60.4 Å². The van der Waals surface area contributed by atoms with Gasteiger partial charge in [0.2, 0.25) is 10.0 Å². The number of aromatic nitrogens is 5. The molecule has 0 amide bonds. The highest BCUT2D eigenvalue weighted by Gasteiger charge is 2.52. The number of ketones is 1. The second-order valence-corrected chi connectivity index (χ2v) is 13.6. The van der Waals surface area contributed by atoms with Crippen LogP contribution < -0.4 is 0 Å². The lowest BCUT2D eigenvalue weighted by atomic mass is 9.60. The third kappa shape index (κ3) is 5.39. The summed E-state index contributed by atoms with van der Waals surface area (Å²) in [4.78, 5) is 18.4. The first kappa shape index (κ1) is 30.8. The molecule has 9 nitrogen and oxygen atoms in total. The van der Waals surface area contributed by atoms with Gasteiger partial charge >= 0.3 is 6.18 Å². The Kier molecular flexibility index (Phi) is 7.55. The number of halogens is 4. The second-order valence-electron chi connectivity index (χ2n) is 11.8. The van der Waals surface area contributed by atoms with Crippen molar-refractivity contribution in [1.29, 1.82) is 0 Å². The molecule has 2 atom stereocenters. The van der Waals surface area contributed by atoms with Gasteiger partial charge in [0.05, 0.1) is 34.8 Å². The van der Waals surface area contributed by atoms with E-state index in [0.717, 1.165) is 12.1 Å². The van der Waals surface area contributed by atoms with Crippen molar-refractivity contribution >= 4 is 21.9 Å². The first-order valence-electron chi connectivity index (χ1n) is 14.3. The van der Waals surface area contributed by atoms with E-state index in [4.69, 9.17) is 0 Å². The van der Waals surface area contributed by atoms with Gasteiger partial charge in [0.1, 0.15) is 16.4 Å². The fourth-order valence-corrected chi connectivity index (χ4v) is 8.42. The molecule has 0 aliphatic heterocycles. The monoisotopic (exact) mass is 642 g/mol. The molecule has 236 valence electrons. The molecule has 1 fully saturated rings. The number of benzene rings is 1. The number of sulfonamides is 1. The molecule has 45 heavy (non-hydrogen) atoms. The topological polar surface area (TPSA) is 103 Å². The third-order valence-electron chi connectivity index (χ3n) is 8.59. The summed E-state index contributed by atoms with van der Waals surface area (Å²) < 4.78 is 85.9. The summed E-state index contributed by atoms with van der Waals surface area (Å²) in [6.45, 7) is 3.52. The maximum atomic E-state index is 14.5. The average Bonchev–Trinajstić information content (AvgIpc) is 3.61. The highest BCUT2D eigenvalue weighted by atomic mass is 32.2. The molecule has 4 aromatic rings. The van der Waals surface area contributed by atoms with Gasteiger partial charge in [-0.25, -0.2) is 17.5 Å². The van der Waals surface area contributed by atoms with Crippen LogP contribution in [-0.2, 0) is 29.7 Å². The zero-order chi connectivity index (χ0) is 32.3. The van der Waals surface area contributed by atoms with Crippen LogP contribution in [-0.4, -0.2) is 55.1 Å². The highest BCUT2D eigenvalue weighted by Crippen LogP contribution is 2.51. The number of alkyl halides is 3. The Morgan fingerprint density at radius 3 is 2.40 bits per heavy atom. The number of rotatable bonds is 7. The number of aryl methyl sites for hydroxylation is 1. The average molecular weight is 643 g/mol. The maximum absolute atomic E-state index is 14.5. The van der Waals surface area contributed by atoms with E-state index in [1.54, 1.807) is 43.9 Å². The largest absolute Gasteiger partial charge is 0.417 e. The van der Waals surface area contributed by atoms with Gasteiger partial charge in [-0.15, -0.1) is 0 Å². The maximum Gasteiger partial charge on any atom is 0.417 e. The van der Waals surface area contributed by atoms with Crippen LogP contribution in [0.4, 0.5) is 17.6 Å². The SMILES string of the molecule is CC(C)N([C@H]1CCC2=Cc3c(cnn3-c3ccc(F)cc3)C[C@]2(C(=O)c2ccc(C(F)(F)F)cn2)C1)S(=O)(=O)c1cnn(C)c1. The minimum Gasteiger partial charge on any atom is -0.291 e. The van der Waals surface area contributed by atoms with Gasteiger partial charge < -0.3 is 0 Å². The molecule has 2 aliphatic rings. The van der Waals surface area contributed by atoms with E-state index in [9.17, 15) is 30.8 Å². The summed E-state index contributed by atoms with van der Waals surface area (Å²) in [6.07, 6.45) is 3.13. The quantitative estimate of drug-likeness (QED) is 0.192. The number of carbonyl (C=O) groups is 1. The zero-order valence-corrected chi connectivity index (χ0v) is 25.5. The van der Waals surface area contributed by atoms with Crippen LogP contribution in [0.3, 0.4) is 0 Å². The van der Waals surface area contributed by atoms with Crippen LogP contribution in [0.15, 0.2) is 71.7 Å². The lowest BCUT2D eigenvalue weighted by Gasteiger charge is -2.47. The van der Waals surface area contributed by atoms with E-state index in [-0.39, 0.29) is 23.4 Å². The van der Waals surface area contributed by atoms with Gasteiger partial charge in [-0.05, 0) is 87.6 Å². The minimum atomic E-state index is -4.62. The molecule has 1 aromatic carbocycles. The fraction of sp³-hybridized carbons (Fsp3) is 0.355. The molecule has 1 saturated carbocycles. The van der Waals surface area contributed by atoms with E-state index in [1.165, 1.54) is 33.5 Å². The second kappa shape index (κ2) is 11.0. The molecule has 3 aromatic heterocycles. The lowest BCUT2D eigenvalue weighted by molar-refractivity contribution is -0.137. The molecular formula is C31H30F4N6O3S. The minimum absolute atomic E-state index is 0.0244. The Bertz CT molecular complexity index is 1900. The van der Waals surface area contributed by atoms with E-state index < -0.39 is 50.9 Å². The Hall–Kier alpha value is -4.17. The van der Waals surface area contributed by atoms with E-state index in [0.29, 0.717) is 41.6 Å². The fourth-order valence-electron chi connectivity index (χ4n) is 6.58. The van der Waals surface area contributed by atoms with Crippen LogP contribution >= 0.6 is 0 Å². The number of nitrogens with zero attached hydrogens (tertiary/aromatic N) is 6. The van der Waals surface area contributed by atoms with Crippen LogP contribution in [0.5, 0.6) is 0 Å². The zero-order valence-electron chi connectivity index (χ0n) is 24.7. The standard InChI is InChI=1S/C31H30F4N6O3S/c1-19(2)41(45(43,44)26-17-37-39(3)18-26)25-8-4-21-12-28-20(15-38-40(28)24-9-6-23(32)7-10-24)13-30(21,14-25)29(42)27-11-5-22(16-36-27)31(33,34)35/h5-7,9-12,15-19,25H,4,8,13-14H2,1-3H3/t25-,30-/m0/s1. The van der Waals surface area contributed by atoms with Crippen molar-refractivity contribution < 1.29 is 30.8 Å². The van der Waals surface area contributed by atoms with Gasteiger partial charge in [0, 0.05) is 31.5 Å². The number of carbonyl (C=O) groups excluding carboxylic acids is 1. The van der Waals surface area contributed by atoms with Crippen LogP contribution in [0.25, 0.3) is 11.8 Å². The molecular weight excluding hydrogens is 612 g/mol. The molecule has 0 saturated heterocycles. The smallest absolute Gasteiger partial charge is 0.291 e. The molecule has 0 unspecified atom stereocenters. The predicted molar refractivity (Wildman–Crippen MR) is 156 cm³/mol. The molecule has 0 radical (unpaired) electrons. The van der Waals surface area contributed by atoms with Crippen molar-refractivity contribution in [3.8, 4) is 5.69 Å². The van der Waals surface area contributed by atoms with Crippen molar-refractivity contribution in [2.45, 2.75) is 62.7 Å². The van der Waals surface area contributed by atoms with Crippen molar-refractivity contribution in [1.82, 2.24) is 28.9 Å². The Morgan fingerprint density at radius 2 is 1.80 bits per heavy atom. The Labute approximate surface area is 257 Å². The first-order chi connectivity index (χ1) is 21.2. The Balaban J connectivity index is 1.45. The molecule has 0 spiro atoms. The summed E-state index contributed by atoms with van der Waals surface area (Å²) in [5, 5.41) is 8.53. The summed E-state index contributed by atoms with van der Waals surface area (Å²) >= 11 is 0. The number of allylic oxidation sites excluding steroid dienone is 1. The van der Waals surface area contributed by atoms with Crippen molar-refractivity contribution in [2.75, 3.05) is 0 Å². The predicted octanol–water partition coefficient (Wildman–Crippen LogP) is 5.62. The van der Waals surface area contributed by atoms with E-state index in [1.807, 2.05) is 6.08 Å². The number of hydrogen-bond acceptors (Lipinski definition) is 6. The molecule has 0 N–H and O–H groups in total. The van der Waals surface area contributed by atoms with Gasteiger partial charge in [-0.1, -0.05) is 5.57 Å². The van der Waals surface area contributed by atoms with Gasteiger partial charge in [-0.3, -0.25) is 14.5 Å². The lowest BCUT2D eigenvalue weighted by Crippen LogP contribution is -2.52. The van der Waals surface area contributed by atoms with Crippen molar-refractivity contribution in [3.63, 3.8) is 0 Å². The molecule has 6 rings (SSSR count). The van der Waals surface area contributed by atoms with Crippen LogP contribution in [0.2, 0.25) is 0 Å². The number of Topliss-reactive ketones (excluding diaryl/α,β-unsaturated/α-hetero) is 1. The van der Waals surface area contributed by atoms with Crippen molar-refractivity contribution in [3.05, 3.63) is 95.1 Å². The number of hydrogen-bond donors (Lipinski definition) is 0. The third-order valence-corrected chi connectivity index (χ3v) is 10.7. The normalized spacial score (nSPS) is 20.2. The summed E-state index contributed by atoms with van der Waals surface area (Å²) in [5.41, 5.74) is 0.294. The summed E-state index contributed by atoms with van der Waals surface area (Å²) in [5.74, 6) is -0.893. The van der Waals surface area contributed by atoms with E-state index >= 15 is 0 Å². The Morgan fingerprint density at radius 1 is 1.07 bits per heavy atom. The van der Waals surface area contributed by atoms with E-state index in [2.05, 4.69) is 15.2 Å². The van der Waals surface area contributed by atoms with Gasteiger partial charge in [0.25, 0.3) is 0 Å². The molecule has 14 heteroatoms. The number of fused-ring (bicyclic) bond motifs is 2. The molecule has 3 heterocycles. The van der Waals surface area contributed by atoms with Crippen molar-refractivity contribution in [2.24, 2.45) is 12.5 Å². The summed E-state index contributed by atoms with van der Waals surface area (Å²) in [7, 11) is -2.40.